The van der Waals surface area contributed by atoms with Crippen molar-refractivity contribution < 1.29 is 0 Å². The standard InChI is InChI=1S/C6H8N/c7-5-6-3-1-2-4-6/h1,6H,2-4H2/t6-/m0/s1. The van der Waals surface area contributed by atoms with E-state index in [1.54, 1.807) is 0 Å². The molecule has 0 saturated heterocycles. The molecule has 1 aliphatic rings. The molecule has 0 aromatic heterocycles. The SMILES string of the molecule is N#C[C@H]1C[CH]CC1. The first kappa shape index (κ1) is 4.64. The Labute approximate surface area is 44.0 Å². The van der Waals surface area contributed by atoms with Gasteiger partial charge in [0.2, 0.25) is 0 Å². The Kier molecular flexibility index (Phi) is 1.31. The van der Waals surface area contributed by atoms with Gasteiger partial charge in [-0.1, -0.05) is 0 Å². The third kappa shape index (κ3) is 0.928. The molecule has 0 heterocycles. The van der Waals surface area contributed by atoms with E-state index in [0.717, 1.165) is 19.3 Å². The Morgan fingerprint density at radius 2 is 2.57 bits per heavy atom. The second-order valence-electron chi connectivity index (χ2n) is 1.93. The van der Waals surface area contributed by atoms with Crippen molar-refractivity contribution in [2.24, 2.45) is 5.92 Å². The summed E-state index contributed by atoms with van der Waals surface area (Å²) in [5.41, 5.74) is 0. The predicted octanol–water partition coefficient (Wildman–Crippen LogP) is 1.51. The van der Waals surface area contributed by atoms with Crippen molar-refractivity contribution in [2.45, 2.75) is 19.3 Å². The van der Waals surface area contributed by atoms with Gasteiger partial charge in [0.15, 0.2) is 0 Å². The fourth-order valence-corrected chi connectivity index (χ4v) is 0.873. The van der Waals surface area contributed by atoms with Gasteiger partial charge in [-0.3, -0.25) is 0 Å². The summed E-state index contributed by atoms with van der Waals surface area (Å²) in [4.78, 5) is 0. The van der Waals surface area contributed by atoms with Crippen LogP contribution in [0.5, 0.6) is 0 Å². The molecule has 0 aromatic carbocycles. The maximum Gasteiger partial charge on any atom is 0.0655 e. The molecule has 37 valence electrons. The summed E-state index contributed by atoms with van der Waals surface area (Å²) in [6, 6.07) is 2.23. The summed E-state index contributed by atoms with van der Waals surface area (Å²) in [7, 11) is 0. The largest absolute Gasteiger partial charge is 0.198 e. The summed E-state index contributed by atoms with van der Waals surface area (Å²) in [6.45, 7) is 0. The first-order valence-electron chi connectivity index (χ1n) is 2.65. The van der Waals surface area contributed by atoms with Gasteiger partial charge in [-0.15, -0.1) is 0 Å². The summed E-state index contributed by atoms with van der Waals surface area (Å²) in [5.74, 6) is 0.347. The molecule has 0 aromatic rings. The zero-order chi connectivity index (χ0) is 5.11. The zero-order valence-corrected chi connectivity index (χ0v) is 4.22. The summed E-state index contributed by atoms with van der Waals surface area (Å²) in [5, 5.41) is 8.30. The summed E-state index contributed by atoms with van der Waals surface area (Å²) in [6.07, 6.45) is 5.46. The van der Waals surface area contributed by atoms with Gasteiger partial charge in [-0.25, -0.2) is 0 Å². The van der Waals surface area contributed by atoms with Crippen LogP contribution in [0.25, 0.3) is 0 Å². The highest BCUT2D eigenvalue weighted by Crippen LogP contribution is 2.22. The molecule has 1 radical (unpaired) electrons. The topological polar surface area (TPSA) is 23.8 Å². The zero-order valence-electron chi connectivity index (χ0n) is 4.22. The first-order chi connectivity index (χ1) is 3.43. The van der Waals surface area contributed by atoms with E-state index < -0.39 is 0 Å². The number of hydrogen-bond donors (Lipinski definition) is 0. The van der Waals surface area contributed by atoms with E-state index in [2.05, 4.69) is 12.5 Å². The van der Waals surface area contributed by atoms with Gasteiger partial charge in [0.1, 0.15) is 0 Å². The Bertz CT molecular complexity index is 84.8. The van der Waals surface area contributed by atoms with Crippen molar-refractivity contribution in [2.75, 3.05) is 0 Å². The molecule has 0 spiro atoms. The Morgan fingerprint density at radius 3 is 2.86 bits per heavy atom. The molecule has 0 amide bonds. The lowest BCUT2D eigenvalue weighted by Crippen LogP contribution is -1.83. The van der Waals surface area contributed by atoms with Crippen LogP contribution in [0.3, 0.4) is 0 Å². The average molecular weight is 94.1 g/mol. The average Bonchev–Trinajstić information content (AvgIpc) is 2.14. The van der Waals surface area contributed by atoms with Crippen molar-refractivity contribution in [1.82, 2.24) is 0 Å². The second-order valence-corrected chi connectivity index (χ2v) is 1.93. The number of nitrogens with zero attached hydrogens (tertiary/aromatic N) is 1. The van der Waals surface area contributed by atoms with Gasteiger partial charge in [-0.05, 0) is 25.7 Å². The molecule has 0 aliphatic heterocycles. The van der Waals surface area contributed by atoms with Crippen LogP contribution in [0.4, 0.5) is 0 Å². The van der Waals surface area contributed by atoms with Gasteiger partial charge in [0.25, 0.3) is 0 Å². The third-order valence-corrected chi connectivity index (χ3v) is 1.35. The molecule has 1 rings (SSSR count). The van der Waals surface area contributed by atoms with Crippen LogP contribution in [0, 0.1) is 23.7 Å². The lowest BCUT2D eigenvalue weighted by Gasteiger charge is -1.87. The normalized spacial score (nSPS) is 22.1. The van der Waals surface area contributed by atoms with Crippen LogP contribution >= 0.6 is 0 Å². The Morgan fingerprint density at radius 1 is 1.71 bits per heavy atom. The molecule has 1 fully saturated rings. The van der Waals surface area contributed by atoms with E-state index in [1.807, 2.05) is 0 Å². The predicted molar refractivity (Wildman–Crippen MR) is 27.3 cm³/mol. The van der Waals surface area contributed by atoms with Crippen LogP contribution in [-0.4, -0.2) is 0 Å². The molecular formula is C6H8N. The van der Waals surface area contributed by atoms with Gasteiger partial charge in [-0.2, -0.15) is 5.26 Å². The van der Waals surface area contributed by atoms with Crippen molar-refractivity contribution in [3.05, 3.63) is 6.42 Å². The highest BCUT2D eigenvalue weighted by Gasteiger charge is 2.12. The van der Waals surface area contributed by atoms with Crippen molar-refractivity contribution in [1.29, 1.82) is 5.26 Å². The lowest BCUT2D eigenvalue weighted by molar-refractivity contribution is 0.709. The van der Waals surface area contributed by atoms with Gasteiger partial charge in [0, 0.05) is 5.92 Å². The van der Waals surface area contributed by atoms with E-state index in [0.29, 0.717) is 5.92 Å². The van der Waals surface area contributed by atoms with E-state index in [-0.39, 0.29) is 0 Å². The van der Waals surface area contributed by atoms with Gasteiger partial charge >= 0.3 is 0 Å². The quantitative estimate of drug-likeness (QED) is 0.446. The molecule has 7 heavy (non-hydrogen) atoms. The van der Waals surface area contributed by atoms with E-state index in [1.165, 1.54) is 0 Å². The number of nitriles is 1. The van der Waals surface area contributed by atoms with E-state index in [4.69, 9.17) is 5.26 Å². The molecule has 0 N–H and O–H groups in total. The maximum absolute atomic E-state index is 8.30. The second kappa shape index (κ2) is 1.97. The minimum atomic E-state index is 0.347. The number of hydrogen-bond acceptors (Lipinski definition) is 1. The fraction of sp³-hybridized carbons (Fsp3) is 0.667. The van der Waals surface area contributed by atoms with Crippen LogP contribution in [0.1, 0.15) is 19.3 Å². The molecular weight excluding hydrogens is 86.1 g/mol. The molecule has 1 saturated carbocycles. The lowest BCUT2D eigenvalue weighted by atomic mass is 10.1. The van der Waals surface area contributed by atoms with Crippen LogP contribution in [-0.2, 0) is 0 Å². The minimum absolute atomic E-state index is 0.347. The number of rotatable bonds is 0. The molecule has 0 bridgehead atoms. The minimum Gasteiger partial charge on any atom is -0.198 e. The summed E-state index contributed by atoms with van der Waals surface area (Å²) < 4.78 is 0. The monoisotopic (exact) mass is 94.1 g/mol. The van der Waals surface area contributed by atoms with Gasteiger partial charge in [0.05, 0.1) is 6.07 Å². The summed E-state index contributed by atoms with van der Waals surface area (Å²) >= 11 is 0. The Balaban J connectivity index is 2.31. The highest BCUT2D eigenvalue weighted by molar-refractivity contribution is 4.92. The van der Waals surface area contributed by atoms with E-state index in [9.17, 15) is 0 Å². The molecule has 1 heteroatoms. The third-order valence-electron chi connectivity index (χ3n) is 1.35. The van der Waals surface area contributed by atoms with Crippen LogP contribution in [0.2, 0.25) is 0 Å². The molecule has 1 aliphatic carbocycles. The fourth-order valence-electron chi connectivity index (χ4n) is 0.873. The highest BCUT2D eigenvalue weighted by atomic mass is 14.3. The van der Waals surface area contributed by atoms with Crippen molar-refractivity contribution in [3.63, 3.8) is 0 Å². The molecule has 1 atom stereocenters. The smallest absolute Gasteiger partial charge is 0.0655 e. The van der Waals surface area contributed by atoms with Crippen molar-refractivity contribution >= 4 is 0 Å². The van der Waals surface area contributed by atoms with Gasteiger partial charge < -0.3 is 0 Å². The molecule has 1 nitrogen and oxygen atoms in total. The molecule has 0 unspecified atom stereocenters. The van der Waals surface area contributed by atoms with Crippen LogP contribution < -0.4 is 0 Å². The first-order valence-corrected chi connectivity index (χ1v) is 2.65. The maximum atomic E-state index is 8.30. The Hall–Kier alpha value is -0.510. The van der Waals surface area contributed by atoms with E-state index >= 15 is 0 Å². The van der Waals surface area contributed by atoms with Crippen molar-refractivity contribution in [3.8, 4) is 6.07 Å². The van der Waals surface area contributed by atoms with Crippen LogP contribution in [0.15, 0.2) is 0 Å².